The minimum atomic E-state index is -0.286. The number of rotatable bonds is 2. The molecule has 0 aliphatic rings. The second-order valence-electron chi connectivity index (χ2n) is 3.30. The third-order valence-corrected chi connectivity index (χ3v) is 3.66. The van der Waals surface area contributed by atoms with Gasteiger partial charge >= 0.3 is 0 Å². The van der Waals surface area contributed by atoms with Gasteiger partial charge in [0.15, 0.2) is 5.82 Å². The van der Waals surface area contributed by atoms with Crippen LogP contribution in [0.5, 0.6) is 5.75 Å². The van der Waals surface area contributed by atoms with E-state index in [2.05, 4.69) is 5.10 Å². The molecular formula is C11H11FN2OS. The number of nitrogens with zero attached hydrogens (tertiary/aromatic N) is 1. The van der Waals surface area contributed by atoms with Crippen LogP contribution >= 0.6 is 11.3 Å². The molecule has 0 bridgehead atoms. The van der Waals surface area contributed by atoms with Crippen molar-refractivity contribution >= 4 is 27.1 Å². The summed E-state index contributed by atoms with van der Waals surface area (Å²) in [6.45, 7) is 1.68. The van der Waals surface area contributed by atoms with Crippen LogP contribution in [0.4, 0.5) is 4.39 Å². The third-order valence-electron chi connectivity index (χ3n) is 2.36. The van der Waals surface area contributed by atoms with Gasteiger partial charge in [0.1, 0.15) is 5.75 Å². The number of halogens is 1. The average Bonchev–Trinajstić information content (AvgIpc) is 2.66. The molecule has 2 N–H and O–H groups in total. The van der Waals surface area contributed by atoms with E-state index in [1.807, 2.05) is 0 Å². The largest absolute Gasteiger partial charge is 0.495 e. The molecule has 1 aromatic heterocycles. The van der Waals surface area contributed by atoms with Crippen molar-refractivity contribution in [3.05, 3.63) is 28.9 Å². The standard InChI is InChI=1S/C11H11FN2OS/c1-6(14-13)10-9(12)7-4-3-5-8(15-2)11(7)16-10/h3-5H,13H2,1-2H3/b14-6+. The molecule has 2 aromatic rings. The van der Waals surface area contributed by atoms with E-state index in [1.54, 1.807) is 32.2 Å². The highest BCUT2D eigenvalue weighted by atomic mass is 32.1. The summed E-state index contributed by atoms with van der Waals surface area (Å²) in [5.74, 6) is 5.54. The summed E-state index contributed by atoms with van der Waals surface area (Å²) in [6, 6.07) is 5.28. The van der Waals surface area contributed by atoms with Crippen LogP contribution in [0.25, 0.3) is 10.1 Å². The van der Waals surface area contributed by atoms with Gasteiger partial charge in [-0.15, -0.1) is 11.3 Å². The van der Waals surface area contributed by atoms with E-state index in [0.29, 0.717) is 21.7 Å². The second-order valence-corrected chi connectivity index (χ2v) is 4.32. The zero-order valence-electron chi connectivity index (χ0n) is 8.95. The SMILES string of the molecule is COc1cccc2c(F)c(/C(C)=N/N)sc12. The molecule has 1 aromatic carbocycles. The van der Waals surface area contributed by atoms with Crippen molar-refractivity contribution in [1.29, 1.82) is 0 Å². The Morgan fingerprint density at radius 3 is 2.88 bits per heavy atom. The number of thiophene rings is 1. The summed E-state index contributed by atoms with van der Waals surface area (Å²) in [4.78, 5) is 0.460. The van der Waals surface area contributed by atoms with Gasteiger partial charge in [-0.3, -0.25) is 0 Å². The van der Waals surface area contributed by atoms with Crippen molar-refractivity contribution in [2.24, 2.45) is 10.9 Å². The lowest BCUT2D eigenvalue weighted by Crippen LogP contribution is -1.97. The topological polar surface area (TPSA) is 47.6 Å². The lowest BCUT2D eigenvalue weighted by atomic mass is 10.2. The average molecular weight is 238 g/mol. The molecule has 0 fully saturated rings. The van der Waals surface area contributed by atoms with E-state index in [0.717, 1.165) is 4.70 Å². The predicted octanol–water partition coefficient (Wildman–Crippen LogP) is 2.73. The number of hydrogen-bond donors (Lipinski definition) is 1. The molecule has 0 atom stereocenters. The van der Waals surface area contributed by atoms with Gasteiger partial charge in [0.25, 0.3) is 0 Å². The first-order chi connectivity index (χ1) is 7.69. The molecule has 0 unspecified atom stereocenters. The van der Waals surface area contributed by atoms with Crippen LogP contribution in [0, 0.1) is 5.82 Å². The Kier molecular flexibility index (Phi) is 2.78. The zero-order valence-corrected chi connectivity index (χ0v) is 9.77. The fraction of sp³-hybridized carbons (Fsp3) is 0.182. The molecule has 0 aliphatic heterocycles. The molecule has 0 amide bonds. The summed E-state index contributed by atoms with van der Waals surface area (Å²) >= 11 is 1.30. The molecule has 0 spiro atoms. The summed E-state index contributed by atoms with van der Waals surface area (Å²) in [5.41, 5.74) is 0.487. The summed E-state index contributed by atoms with van der Waals surface area (Å²) < 4.78 is 20.0. The first-order valence-corrected chi connectivity index (χ1v) is 5.50. The number of hydrogen-bond acceptors (Lipinski definition) is 4. The lowest BCUT2D eigenvalue weighted by molar-refractivity contribution is 0.420. The van der Waals surface area contributed by atoms with E-state index in [4.69, 9.17) is 10.6 Å². The molecule has 0 saturated carbocycles. The Morgan fingerprint density at radius 2 is 2.25 bits per heavy atom. The van der Waals surface area contributed by atoms with E-state index in [9.17, 15) is 4.39 Å². The van der Waals surface area contributed by atoms with Crippen LogP contribution in [0.2, 0.25) is 0 Å². The van der Waals surface area contributed by atoms with Crippen LogP contribution in [0.3, 0.4) is 0 Å². The lowest BCUT2D eigenvalue weighted by Gasteiger charge is -1.98. The maximum atomic E-state index is 14.0. The van der Waals surface area contributed by atoms with E-state index in [1.165, 1.54) is 11.3 Å². The van der Waals surface area contributed by atoms with Gasteiger partial charge in [0.05, 0.1) is 22.4 Å². The molecule has 3 nitrogen and oxygen atoms in total. The minimum Gasteiger partial charge on any atom is -0.495 e. The van der Waals surface area contributed by atoms with Crippen molar-refractivity contribution in [2.75, 3.05) is 7.11 Å². The van der Waals surface area contributed by atoms with Crippen molar-refractivity contribution in [3.63, 3.8) is 0 Å². The monoisotopic (exact) mass is 238 g/mol. The van der Waals surface area contributed by atoms with Crippen molar-refractivity contribution in [3.8, 4) is 5.75 Å². The third kappa shape index (κ3) is 1.53. The number of hydrazone groups is 1. The second kappa shape index (κ2) is 4.09. The van der Waals surface area contributed by atoms with Crippen molar-refractivity contribution < 1.29 is 9.13 Å². The van der Waals surface area contributed by atoms with Crippen LogP contribution in [0.15, 0.2) is 23.3 Å². The number of benzene rings is 1. The predicted molar refractivity (Wildman–Crippen MR) is 64.7 cm³/mol. The van der Waals surface area contributed by atoms with E-state index in [-0.39, 0.29) is 5.82 Å². The normalized spacial score (nSPS) is 12.1. The maximum absolute atomic E-state index is 14.0. The van der Waals surface area contributed by atoms with Crippen LogP contribution in [-0.2, 0) is 0 Å². The Labute approximate surface area is 96.3 Å². The smallest absolute Gasteiger partial charge is 0.151 e. The molecule has 16 heavy (non-hydrogen) atoms. The highest BCUT2D eigenvalue weighted by Gasteiger charge is 2.16. The van der Waals surface area contributed by atoms with Crippen LogP contribution in [0.1, 0.15) is 11.8 Å². The summed E-state index contributed by atoms with van der Waals surface area (Å²) in [6.07, 6.45) is 0. The fourth-order valence-electron chi connectivity index (χ4n) is 1.52. The molecular weight excluding hydrogens is 227 g/mol. The van der Waals surface area contributed by atoms with Crippen molar-refractivity contribution in [2.45, 2.75) is 6.92 Å². The molecule has 1 heterocycles. The Bertz CT molecular complexity index is 562. The summed E-state index contributed by atoms with van der Waals surface area (Å²) in [5, 5.41) is 4.06. The van der Waals surface area contributed by atoms with E-state index >= 15 is 0 Å². The van der Waals surface area contributed by atoms with Gasteiger partial charge < -0.3 is 10.6 Å². The number of fused-ring (bicyclic) bond motifs is 1. The van der Waals surface area contributed by atoms with Gasteiger partial charge in [0.2, 0.25) is 0 Å². The van der Waals surface area contributed by atoms with Gasteiger partial charge in [0, 0.05) is 5.39 Å². The Balaban J connectivity index is 2.77. The molecule has 5 heteroatoms. The number of ether oxygens (including phenoxy) is 1. The highest BCUT2D eigenvalue weighted by molar-refractivity contribution is 7.21. The first-order valence-electron chi connectivity index (χ1n) is 4.69. The van der Waals surface area contributed by atoms with Crippen molar-refractivity contribution in [1.82, 2.24) is 0 Å². The van der Waals surface area contributed by atoms with Gasteiger partial charge in [-0.25, -0.2) is 4.39 Å². The molecule has 2 rings (SSSR count). The quantitative estimate of drug-likeness (QED) is 0.497. The zero-order chi connectivity index (χ0) is 11.7. The van der Waals surface area contributed by atoms with Gasteiger partial charge in [-0.1, -0.05) is 12.1 Å². The number of nitrogens with two attached hydrogens (primary N) is 1. The summed E-state index contributed by atoms with van der Waals surface area (Å²) in [7, 11) is 1.57. The van der Waals surface area contributed by atoms with E-state index < -0.39 is 0 Å². The Hall–Kier alpha value is -1.62. The first kappa shape index (κ1) is 10.9. The van der Waals surface area contributed by atoms with Crippen LogP contribution in [-0.4, -0.2) is 12.8 Å². The fourth-order valence-corrected chi connectivity index (χ4v) is 2.64. The minimum absolute atomic E-state index is 0.286. The molecule has 0 aliphatic carbocycles. The molecule has 84 valence electrons. The highest BCUT2D eigenvalue weighted by Crippen LogP contribution is 2.36. The molecule has 0 saturated heterocycles. The van der Waals surface area contributed by atoms with Crippen LogP contribution < -0.4 is 10.6 Å². The molecule has 0 radical (unpaired) electrons. The van der Waals surface area contributed by atoms with Gasteiger partial charge in [-0.2, -0.15) is 5.10 Å². The van der Waals surface area contributed by atoms with Gasteiger partial charge in [-0.05, 0) is 13.0 Å². The maximum Gasteiger partial charge on any atom is 0.151 e. The number of methoxy groups -OCH3 is 1. The Morgan fingerprint density at radius 1 is 1.50 bits per heavy atom.